The predicted molar refractivity (Wildman–Crippen MR) is 117 cm³/mol. The molecule has 0 radical (unpaired) electrons. The van der Waals surface area contributed by atoms with Gasteiger partial charge < -0.3 is 20.9 Å². The minimum absolute atomic E-state index is 0.0587. The zero-order valence-electron chi connectivity index (χ0n) is 20.4. The number of amides is 4. The van der Waals surface area contributed by atoms with Crippen LogP contribution in [0.1, 0.15) is 52.4 Å². The quantitative estimate of drug-likeness (QED) is 0.407. The third-order valence-corrected chi connectivity index (χ3v) is 7.18. The summed E-state index contributed by atoms with van der Waals surface area (Å²) in [7, 11) is 0. The summed E-state index contributed by atoms with van der Waals surface area (Å²) in [5, 5.41) is 16.1. The fourth-order valence-corrected chi connectivity index (χ4v) is 5.49. The molecule has 9 nitrogen and oxygen atoms in total. The average Bonchev–Trinajstić information content (AvgIpc) is 3.19. The van der Waals surface area contributed by atoms with Crippen LogP contribution in [-0.4, -0.2) is 71.3 Å². The minimum atomic E-state index is -5.27. The molecule has 0 aromatic rings. The highest BCUT2D eigenvalue weighted by Crippen LogP contribution is 2.49. The molecule has 4 fully saturated rings. The molecule has 2 bridgehead atoms. The van der Waals surface area contributed by atoms with Gasteiger partial charge >= 0.3 is 12.1 Å². The Morgan fingerprint density at radius 3 is 2.38 bits per heavy atom. The SMILES string of the molecule is CC(C)C[C@@H](NC(=O)C(F)(F)F)C(=O)N1[C@@H]2CC[C@H]([C@H]1C(=O)N[C@H](C#N)C[C@H]1CCNC1=O)C(F)(F)C2. The van der Waals surface area contributed by atoms with Crippen LogP contribution in [0.25, 0.3) is 0 Å². The number of rotatable bonds is 8. The monoisotopic (exact) mass is 535 g/mol. The number of nitrogens with one attached hydrogen (secondary N) is 3. The number of carbonyl (C=O) groups is 4. The number of alkyl halides is 5. The van der Waals surface area contributed by atoms with Gasteiger partial charge in [-0.05, 0) is 38.0 Å². The molecule has 3 N–H and O–H groups in total. The molecular formula is C23H30F5N5O4. The fraction of sp³-hybridized carbons (Fsp3) is 0.783. The molecule has 0 aromatic heterocycles. The van der Waals surface area contributed by atoms with Crippen LogP contribution in [0.3, 0.4) is 0 Å². The Balaban J connectivity index is 1.87. The Labute approximate surface area is 210 Å². The van der Waals surface area contributed by atoms with Gasteiger partial charge in [0, 0.05) is 24.9 Å². The lowest BCUT2D eigenvalue weighted by molar-refractivity contribution is -0.196. The standard InChI is InChI=1S/C23H30F5N5O4/c1-11(2)7-16(32-21(37)23(26,27)28)20(36)33-14-3-4-15(22(24,25)9-14)17(33)19(35)31-13(10-29)8-12-5-6-30-18(12)34/h11-17H,3-9H2,1-2H3,(H,30,34)(H,31,35)(H,32,37)/t12-,13+,14-,15-,16-,17+/m1/s1. The number of piperidine rings is 2. The van der Waals surface area contributed by atoms with Gasteiger partial charge in [0.1, 0.15) is 18.1 Å². The number of fused-ring (bicyclic) bond motifs is 3. The Kier molecular flexibility index (Phi) is 8.34. The summed E-state index contributed by atoms with van der Waals surface area (Å²) in [5.41, 5.74) is 0. The maximum Gasteiger partial charge on any atom is 0.471 e. The number of halogens is 5. The van der Waals surface area contributed by atoms with Gasteiger partial charge in [-0.25, -0.2) is 8.78 Å². The summed E-state index contributed by atoms with van der Waals surface area (Å²) >= 11 is 0. The van der Waals surface area contributed by atoms with E-state index in [1.165, 1.54) is 0 Å². The molecule has 1 aliphatic carbocycles. The van der Waals surface area contributed by atoms with Crippen molar-refractivity contribution in [2.24, 2.45) is 17.8 Å². The van der Waals surface area contributed by atoms with E-state index >= 15 is 0 Å². The molecule has 0 unspecified atom stereocenters. The van der Waals surface area contributed by atoms with Gasteiger partial charge in [0.2, 0.25) is 17.7 Å². The third kappa shape index (κ3) is 6.30. The van der Waals surface area contributed by atoms with Crippen molar-refractivity contribution in [3.8, 4) is 6.07 Å². The van der Waals surface area contributed by atoms with Crippen molar-refractivity contribution in [1.29, 1.82) is 5.26 Å². The molecule has 0 spiro atoms. The summed E-state index contributed by atoms with van der Waals surface area (Å²) in [6.07, 6.45) is -5.87. The summed E-state index contributed by atoms with van der Waals surface area (Å²) in [5.74, 6) is -10.6. The van der Waals surface area contributed by atoms with Crippen LogP contribution in [0.4, 0.5) is 22.0 Å². The van der Waals surface area contributed by atoms with E-state index in [2.05, 4.69) is 10.6 Å². The van der Waals surface area contributed by atoms with Gasteiger partial charge in [-0.2, -0.15) is 18.4 Å². The van der Waals surface area contributed by atoms with Crippen molar-refractivity contribution in [2.75, 3.05) is 6.54 Å². The largest absolute Gasteiger partial charge is 0.471 e. The van der Waals surface area contributed by atoms with E-state index in [1.807, 2.05) is 6.07 Å². The molecule has 4 rings (SSSR count). The molecule has 3 heterocycles. The summed E-state index contributed by atoms with van der Waals surface area (Å²) in [4.78, 5) is 51.1. The van der Waals surface area contributed by atoms with E-state index in [-0.39, 0.29) is 37.5 Å². The fourth-order valence-electron chi connectivity index (χ4n) is 5.49. The molecular weight excluding hydrogens is 505 g/mol. The molecule has 6 atom stereocenters. The van der Waals surface area contributed by atoms with Crippen molar-refractivity contribution in [3.05, 3.63) is 0 Å². The van der Waals surface area contributed by atoms with E-state index in [4.69, 9.17) is 0 Å². The minimum Gasteiger partial charge on any atom is -0.356 e. The van der Waals surface area contributed by atoms with Gasteiger partial charge in [-0.15, -0.1) is 0 Å². The number of nitrogens with zero attached hydrogens (tertiary/aromatic N) is 2. The van der Waals surface area contributed by atoms with Gasteiger partial charge in [0.05, 0.1) is 12.0 Å². The zero-order valence-corrected chi connectivity index (χ0v) is 20.4. The van der Waals surface area contributed by atoms with E-state index < -0.39 is 72.2 Å². The maximum atomic E-state index is 14.9. The average molecular weight is 536 g/mol. The first-order chi connectivity index (χ1) is 17.2. The van der Waals surface area contributed by atoms with Crippen LogP contribution >= 0.6 is 0 Å². The first kappa shape index (κ1) is 28.6. The molecule has 3 saturated heterocycles. The lowest BCUT2D eigenvalue weighted by atomic mass is 9.71. The molecule has 4 amide bonds. The normalized spacial score (nSPS) is 28.3. The Morgan fingerprint density at radius 1 is 1.19 bits per heavy atom. The van der Waals surface area contributed by atoms with E-state index in [1.54, 1.807) is 19.2 Å². The molecule has 3 aliphatic heterocycles. The van der Waals surface area contributed by atoms with Gasteiger partial charge in [-0.3, -0.25) is 19.2 Å². The number of carbonyl (C=O) groups excluding carboxylic acids is 4. The highest BCUT2D eigenvalue weighted by Gasteiger charge is 2.61. The van der Waals surface area contributed by atoms with E-state index in [9.17, 15) is 46.4 Å². The van der Waals surface area contributed by atoms with Crippen molar-refractivity contribution in [3.63, 3.8) is 0 Å². The van der Waals surface area contributed by atoms with Crippen molar-refractivity contribution < 1.29 is 41.1 Å². The highest BCUT2D eigenvalue weighted by molar-refractivity contribution is 5.94. The molecule has 14 heteroatoms. The second kappa shape index (κ2) is 10.8. The predicted octanol–water partition coefficient (Wildman–Crippen LogP) is 1.63. The smallest absolute Gasteiger partial charge is 0.356 e. The second-order valence-corrected chi connectivity index (χ2v) is 10.3. The molecule has 1 saturated carbocycles. The van der Waals surface area contributed by atoms with Crippen molar-refractivity contribution >= 4 is 23.6 Å². The lowest BCUT2D eigenvalue weighted by Crippen LogP contribution is -2.71. The zero-order chi connectivity index (χ0) is 27.7. The lowest BCUT2D eigenvalue weighted by Gasteiger charge is -2.54. The topological polar surface area (TPSA) is 131 Å². The summed E-state index contributed by atoms with van der Waals surface area (Å²) in [6.45, 7) is 3.62. The number of hydrogen-bond acceptors (Lipinski definition) is 5. The van der Waals surface area contributed by atoms with Crippen LogP contribution < -0.4 is 16.0 Å². The first-order valence-corrected chi connectivity index (χ1v) is 12.2. The third-order valence-electron chi connectivity index (χ3n) is 7.18. The van der Waals surface area contributed by atoms with Crippen LogP contribution in [0.15, 0.2) is 0 Å². The van der Waals surface area contributed by atoms with Crippen LogP contribution in [0.2, 0.25) is 0 Å². The van der Waals surface area contributed by atoms with Crippen molar-refractivity contribution in [1.82, 2.24) is 20.9 Å². The Morgan fingerprint density at radius 2 is 1.86 bits per heavy atom. The van der Waals surface area contributed by atoms with Crippen LogP contribution in [-0.2, 0) is 19.2 Å². The van der Waals surface area contributed by atoms with E-state index in [0.29, 0.717) is 13.0 Å². The summed E-state index contributed by atoms with van der Waals surface area (Å²) in [6, 6.07) is -3.94. The molecule has 4 aliphatic rings. The molecule has 37 heavy (non-hydrogen) atoms. The van der Waals surface area contributed by atoms with E-state index in [0.717, 1.165) is 4.90 Å². The van der Waals surface area contributed by atoms with Crippen molar-refractivity contribution in [2.45, 2.75) is 88.6 Å². The first-order valence-electron chi connectivity index (χ1n) is 12.2. The molecule has 206 valence electrons. The Hall–Kier alpha value is -2.98. The number of hydrogen-bond donors (Lipinski definition) is 3. The number of nitriles is 1. The Bertz CT molecular complexity index is 966. The van der Waals surface area contributed by atoms with Gasteiger partial charge in [-0.1, -0.05) is 13.8 Å². The van der Waals surface area contributed by atoms with Crippen LogP contribution in [0, 0.1) is 29.1 Å². The maximum absolute atomic E-state index is 14.9. The van der Waals surface area contributed by atoms with Gasteiger partial charge in [0.15, 0.2) is 0 Å². The second-order valence-electron chi connectivity index (χ2n) is 10.3. The summed E-state index contributed by atoms with van der Waals surface area (Å²) < 4.78 is 68.5. The highest BCUT2D eigenvalue weighted by atomic mass is 19.4. The molecule has 0 aromatic carbocycles. The van der Waals surface area contributed by atoms with Gasteiger partial charge in [0.25, 0.3) is 5.92 Å². The van der Waals surface area contributed by atoms with Crippen LogP contribution in [0.5, 0.6) is 0 Å².